The van der Waals surface area contributed by atoms with Crippen LogP contribution in [-0.2, 0) is 4.74 Å². The van der Waals surface area contributed by atoms with E-state index in [1.54, 1.807) is 64.2 Å². The van der Waals surface area contributed by atoms with Gasteiger partial charge in [-0.05, 0) is 57.5 Å². The van der Waals surface area contributed by atoms with Gasteiger partial charge >= 0.3 is 12.1 Å². The highest BCUT2D eigenvalue weighted by Gasteiger charge is 2.22. The summed E-state index contributed by atoms with van der Waals surface area (Å²) >= 11 is 0. The fourth-order valence-electron chi connectivity index (χ4n) is 2.39. The molecule has 150 valence electrons. The second kappa shape index (κ2) is 8.89. The number of aliphatic hydroxyl groups is 1. The van der Waals surface area contributed by atoms with E-state index in [1.165, 1.54) is 4.90 Å². The summed E-state index contributed by atoms with van der Waals surface area (Å²) in [5.41, 5.74) is 1.53. The number of nitrogens with zero attached hydrogens (tertiary/aromatic N) is 1. The van der Waals surface area contributed by atoms with Crippen molar-refractivity contribution in [2.75, 3.05) is 13.6 Å². The van der Waals surface area contributed by atoms with E-state index in [2.05, 4.69) is 0 Å². The average molecular weight is 385 g/mol. The Morgan fingerprint density at radius 3 is 2.14 bits per heavy atom. The van der Waals surface area contributed by atoms with Gasteiger partial charge in [-0.3, -0.25) is 0 Å². The van der Waals surface area contributed by atoms with E-state index in [1.807, 2.05) is 19.1 Å². The molecule has 0 saturated heterocycles. The minimum atomic E-state index is -0.889. The summed E-state index contributed by atoms with van der Waals surface area (Å²) < 4.78 is 10.6. The summed E-state index contributed by atoms with van der Waals surface area (Å²) in [6.07, 6.45) is -1.39. The van der Waals surface area contributed by atoms with Gasteiger partial charge in [0.1, 0.15) is 11.4 Å². The van der Waals surface area contributed by atoms with Gasteiger partial charge in [-0.2, -0.15) is 0 Å². The van der Waals surface area contributed by atoms with Crippen molar-refractivity contribution in [2.24, 2.45) is 0 Å². The van der Waals surface area contributed by atoms with Crippen molar-refractivity contribution in [1.82, 2.24) is 4.90 Å². The van der Waals surface area contributed by atoms with E-state index in [0.29, 0.717) is 16.9 Å². The van der Waals surface area contributed by atoms with Crippen LogP contribution < -0.4 is 4.74 Å². The van der Waals surface area contributed by atoms with Gasteiger partial charge in [-0.1, -0.05) is 29.8 Å². The van der Waals surface area contributed by atoms with Gasteiger partial charge in [0.25, 0.3) is 0 Å². The molecule has 2 aromatic carbocycles. The molecule has 2 rings (SSSR count). The number of carbonyl (C=O) groups is 2. The van der Waals surface area contributed by atoms with Gasteiger partial charge in [-0.15, -0.1) is 0 Å². The van der Waals surface area contributed by atoms with Crippen LogP contribution in [0.15, 0.2) is 48.5 Å². The van der Waals surface area contributed by atoms with Gasteiger partial charge < -0.3 is 19.5 Å². The van der Waals surface area contributed by atoms with Crippen molar-refractivity contribution in [3.63, 3.8) is 0 Å². The molecular weight excluding hydrogens is 358 g/mol. The molecule has 28 heavy (non-hydrogen) atoms. The molecule has 6 nitrogen and oxygen atoms in total. The maximum atomic E-state index is 12.1. The average Bonchev–Trinajstić information content (AvgIpc) is 2.61. The summed E-state index contributed by atoms with van der Waals surface area (Å²) in [4.78, 5) is 25.5. The van der Waals surface area contributed by atoms with Gasteiger partial charge in [-0.25, -0.2) is 9.59 Å². The zero-order valence-corrected chi connectivity index (χ0v) is 16.9. The Hall–Kier alpha value is -2.86. The van der Waals surface area contributed by atoms with Crippen LogP contribution in [0.4, 0.5) is 4.79 Å². The lowest BCUT2D eigenvalue weighted by Crippen LogP contribution is -2.36. The molecule has 0 aliphatic carbocycles. The topological polar surface area (TPSA) is 76.1 Å². The minimum absolute atomic E-state index is 0.0808. The number of aliphatic hydroxyl groups excluding tert-OH is 1. The zero-order valence-electron chi connectivity index (χ0n) is 16.9. The molecule has 0 aliphatic heterocycles. The minimum Gasteiger partial charge on any atom is -0.444 e. The smallest absolute Gasteiger partial charge is 0.410 e. The fourth-order valence-corrected chi connectivity index (χ4v) is 2.39. The lowest BCUT2D eigenvalue weighted by molar-refractivity contribution is 0.0205. The van der Waals surface area contributed by atoms with Gasteiger partial charge in [0.2, 0.25) is 0 Å². The largest absolute Gasteiger partial charge is 0.444 e. The number of esters is 1. The quantitative estimate of drug-likeness (QED) is 0.619. The molecule has 1 unspecified atom stereocenters. The molecule has 0 radical (unpaired) electrons. The SMILES string of the molecule is Cc1ccc(C(=O)Oc2ccc(C(O)CN(C)C(=O)OC(C)(C)C)cc2)cc1. The third-order valence-corrected chi connectivity index (χ3v) is 3.91. The first kappa shape index (κ1) is 21.4. The molecular formula is C22H27NO5. The van der Waals surface area contributed by atoms with E-state index in [-0.39, 0.29) is 6.54 Å². The van der Waals surface area contributed by atoms with Crippen molar-refractivity contribution in [3.8, 4) is 5.75 Å². The third kappa shape index (κ3) is 6.39. The Balaban J connectivity index is 1.94. The van der Waals surface area contributed by atoms with Crippen LogP contribution in [0, 0.1) is 6.92 Å². The predicted molar refractivity (Wildman–Crippen MR) is 106 cm³/mol. The van der Waals surface area contributed by atoms with Crippen molar-refractivity contribution in [3.05, 3.63) is 65.2 Å². The lowest BCUT2D eigenvalue weighted by atomic mass is 10.1. The molecule has 0 heterocycles. The summed E-state index contributed by atoms with van der Waals surface area (Å²) in [5, 5.41) is 10.4. The highest BCUT2D eigenvalue weighted by Crippen LogP contribution is 2.20. The normalized spacial score (nSPS) is 12.2. The van der Waals surface area contributed by atoms with Crippen LogP contribution in [-0.4, -0.2) is 41.3 Å². The fraction of sp³-hybridized carbons (Fsp3) is 0.364. The number of ether oxygens (including phenoxy) is 2. The molecule has 1 amide bonds. The standard InChI is InChI=1S/C22H27NO5/c1-15-6-8-17(9-7-15)20(25)27-18-12-10-16(11-13-18)19(24)14-23(5)21(26)28-22(2,3)4/h6-13,19,24H,14H2,1-5H3. The maximum Gasteiger partial charge on any atom is 0.410 e. The van der Waals surface area contributed by atoms with Crippen LogP contribution in [0.1, 0.15) is 48.4 Å². The van der Waals surface area contributed by atoms with E-state index < -0.39 is 23.8 Å². The second-order valence-corrected chi connectivity index (χ2v) is 7.70. The van der Waals surface area contributed by atoms with Gasteiger partial charge in [0.15, 0.2) is 0 Å². The highest BCUT2D eigenvalue weighted by molar-refractivity contribution is 5.91. The van der Waals surface area contributed by atoms with E-state index in [0.717, 1.165) is 5.56 Å². The van der Waals surface area contributed by atoms with Crippen molar-refractivity contribution >= 4 is 12.1 Å². The molecule has 2 aromatic rings. The first-order chi connectivity index (χ1) is 13.0. The third-order valence-electron chi connectivity index (χ3n) is 3.91. The van der Waals surface area contributed by atoms with Crippen LogP contribution >= 0.6 is 0 Å². The Morgan fingerprint density at radius 1 is 1.04 bits per heavy atom. The van der Waals surface area contributed by atoms with Crippen LogP contribution in [0.3, 0.4) is 0 Å². The van der Waals surface area contributed by atoms with Gasteiger partial charge in [0.05, 0.1) is 18.2 Å². The highest BCUT2D eigenvalue weighted by atomic mass is 16.6. The van der Waals surface area contributed by atoms with Crippen LogP contribution in [0.25, 0.3) is 0 Å². The molecule has 0 bridgehead atoms. The zero-order chi connectivity index (χ0) is 20.9. The molecule has 1 atom stereocenters. The van der Waals surface area contributed by atoms with E-state index in [9.17, 15) is 14.7 Å². The first-order valence-corrected chi connectivity index (χ1v) is 9.06. The first-order valence-electron chi connectivity index (χ1n) is 9.06. The molecule has 6 heteroatoms. The molecule has 0 saturated carbocycles. The van der Waals surface area contributed by atoms with Crippen molar-refractivity contribution in [2.45, 2.75) is 39.4 Å². The van der Waals surface area contributed by atoms with Crippen molar-refractivity contribution in [1.29, 1.82) is 0 Å². The number of carbonyl (C=O) groups excluding carboxylic acids is 2. The number of amides is 1. The van der Waals surface area contributed by atoms with E-state index >= 15 is 0 Å². The summed E-state index contributed by atoms with van der Waals surface area (Å²) in [6.45, 7) is 7.38. The molecule has 0 fully saturated rings. The van der Waals surface area contributed by atoms with Crippen LogP contribution in [0.2, 0.25) is 0 Å². The Morgan fingerprint density at radius 2 is 1.61 bits per heavy atom. The maximum absolute atomic E-state index is 12.1. The predicted octanol–water partition coefficient (Wildman–Crippen LogP) is 4.11. The lowest BCUT2D eigenvalue weighted by Gasteiger charge is -2.26. The monoisotopic (exact) mass is 385 g/mol. The summed E-state index contributed by atoms with van der Waals surface area (Å²) in [6, 6.07) is 13.6. The Labute approximate surface area is 165 Å². The van der Waals surface area contributed by atoms with Crippen LogP contribution in [0.5, 0.6) is 5.75 Å². The van der Waals surface area contributed by atoms with Crippen molar-refractivity contribution < 1.29 is 24.2 Å². The number of hydrogen-bond donors (Lipinski definition) is 1. The summed E-state index contributed by atoms with van der Waals surface area (Å²) in [7, 11) is 1.56. The number of likely N-dealkylation sites (N-methyl/N-ethyl adjacent to an activating group) is 1. The molecule has 0 aliphatic rings. The number of benzene rings is 2. The number of rotatable bonds is 5. The van der Waals surface area contributed by atoms with E-state index in [4.69, 9.17) is 9.47 Å². The number of aryl methyl sites for hydroxylation is 1. The second-order valence-electron chi connectivity index (χ2n) is 7.70. The Kier molecular flexibility index (Phi) is 6.80. The number of hydrogen-bond acceptors (Lipinski definition) is 5. The van der Waals surface area contributed by atoms with Gasteiger partial charge in [0, 0.05) is 7.05 Å². The summed E-state index contributed by atoms with van der Waals surface area (Å²) in [5.74, 6) is -0.0695. The molecule has 0 aromatic heterocycles. The molecule has 0 spiro atoms. The Bertz CT molecular complexity index is 806. The molecule has 1 N–H and O–H groups in total.